The first-order valence-electron chi connectivity index (χ1n) is 7.54. The SMILES string of the molecule is O=C(NNC(=O)C1CNNC1c1ccc(F)cc1)c1ccccc1. The average molecular weight is 328 g/mol. The fraction of sp³-hybridized carbons (Fsp3) is 0.176. The van der Waals surface area contributed by atoms with Crippen LogP contribution in [0.4, 0.5) is 4.39 Å². The van der Waals surface area contributed by atoms with E-state index in [0.29, 0.717) is 12.1 Å². The molecule has 3 rings (SSSR count). The van der Waals surface area contributed by atoms with Gasteiger partial charge in [0.1, 0.15) is 5.82 Å². The number of halogens is 1. The van der Waals surface area contributed by atoms with Crippen molar-refractivity contribution in [2.24, 2.45) is 5.92 Å². The molecule has 1 heterocycles. The second-order valence-corrected chi connectivity index (χ2v) is 5.47. The highest BCUT2D eigenvalue weighted by Crippen LogP contribution is 2.25. The van der Waals surface area contributed by atoms with Crippen molar-refractivity contribution < 1.29 is 14.0 Å². The summed E-state index contributed by atoms with van der Waals surface area (Å²) in [5, 5.41) is 0. The Labute approximate surface area is 138 Å². The van der Waals surface area contributed by atoms with Crippen LogP contribution in [0.3, 0.4) is 0 Å². The van der Waals surface area contributed by atoms with Crippen LogP contribution in [0, 0.1) is 11.7 Å². The van der Waals surface area contributed by atoms with Crippen LogP contribution in [-0.2, 0) is 4.79 Å². The summed E-state index contributed by atoms with van der Waals surface area (Å²) in [7, 11) is 0. The molecule has 0 bridgehead atoms. The quantitative estimate of drug-likeness (QED) is 0.635. The molecule has 1 saturated heterocycles. The number of hydrogen-bond acceptors (Lipinski definition) is 4. The Morgan fingerprint density at radius 2 is 1.71 bits per heavy atom. The van der Waals surface area contributed by atoms with Crippen LogP contribution < -0.4 is 21.7 Å². The lowest BCUT2D eigenvalue weighted by atomic mass is 9.94. The maximum absolute atomic E-state index is 13.0. The third-order valence-electron chi connectivity index (χ3n) is 3.88. The minimum Gasteiger partial charge on any atom is -0.273 e. The molecule has 0 saturated carbocycles. The first kappa shape index (κ1) is 16.1. The van der Waals surface area contributed by atoms with Gasteiger partial charge in [0, 0.05) is 12.1 Å². The first-order valence-corrected chi connectivity index (χ1v) is 7.54. The van der Waals surface area contributed by atoms with E-state index < -0.39 is 5.92 Å². The van der Waals surface area contributed by atoms with Crippen LogP contribution in [0.15, 0.2) is 54.6 Å². The normalized spacial score (nSPS) is 19.7. The van der Waals surface area contributed by atoms with Crippen molar-refractivity contribution in [3.63, 3.8) is 0 Å². The van der Waals surface area contributed by atoms with Gasteiger partial charge in [-0.15, -0.1) is 0 Å². The molecule has 2 amide bonds. The Morgan fingerprint density at radius 3 is 2.42 bits per heavy atom. The molecule has 24 heavy (non-hydrogen) atoms. The molecule has 0 aliphatic carbocycles. The van der Waals surface area contributed by atoms with Crippen molar-refractivity contribution in [1.82, 2.24) is 21.7 Å². The van der Waals surface area contributed by atoms with E-state index in [0.717, 1.165) is 5.56 Å². The number of carbonyl (C=O) groups excluding carboxylic acids is 2. The number of rotatable bonds is 3. The van der Waals surface area contributed by atoms with E-state index in [1.165, 1.54) is 12.1 Å². The summed E-state index contributed by atoms with van der Waals surface area (Å²) in [4.78, 5) is 24.3. The molecular formula is C17H17FN4O2. The second kappa shape index (κ2) is 7.20. The molecule has 0 aromatic heterocycles. The molecule has 0 spiro atoms. The fourth-order valence-corrected chi connectivity index (χ4v) is 2.60. The maximum atomic E-state index is 13.0. The lowest BCUT2D eigenvalue weighted by Crippen LogP contribution is -2.46. The summed E-state index contributed by atoms with van der Waals surface area (Å²) in [6.45, 7) is 0.398. The van der Waals surface area contributed by atoms with Gasteiger partial charge < -0.3 is 0 Å². The zero-order chi connectivity index (χ0) is 16.9. The molecule has 6 nitrogen and oxygen atoms in total. The van der Waals surface area contributed by atoms with Crippen molar-refractivity contribution in [1.29, 1.82) is 0 Å². The molecule has 7 heteroatoms. The van der Waals surface area contributed by atoms with Crippen molar-refractivity contribution >= 4 is 11.8 Å². The Kier molecular flexibility index (Phi) is 4.83. The lowest BCUT2D eigenvalue weighted by molar-refractivity contribution is -0.125. The maximum Gasteiger partial charge on any atom is 0.269 e. The Morgan fingerprint density at radius 1 is 1.00 bits per heavy atom. The standard InChI is InChI=1S/C17H17FN4O2/c18-13-8-6-11(7-9-13)15-14(10-19-20-15)17(24)22-21-16(23)12-4-2-1-3-5-12/h1-9,14-15,19-20H,10H2,(H,21,23)(H,22,24). The minimum absolute atomic E-state index is 0.306. The summed E-state index contributed by atoms with van der Waals surface area (Å²) < 4.78 is 13.0. The highest BCUT2D eigenvalue weighted by molar-refractivity contribution is 5.95. The van der Waals surface area contributed by atoms with Crippen LogP contribution in [0.5, 0.6) is 0 Å². The van der Waals surface area contributed by atoms with Gasteiger partial charge in [-0.3, -0.25) is 25.9 Å². The number of benzene rings is 2. The summed E-state index contributed by atoms with van der Waals surface area (Å²) >= 11 is 0. The third-order valence-corrected chi connectivity index (χ3v) is 3.88. The molecule has 2 aromatic carbocycles. The van der Waals surface area contributed by atoms with Gasteiger partial charge in [0.05, 0.1) is 12.0 Å². The minimum atomic E-state index is -0.438. The zero-order valence-electron chi connectivity index (χ0n) is 12.8. The lowest BCUT2D eigenvalue weighted by Gasteiger charge is -2.18. The van der Waals surface area contributed by atoms with E-state index in [4.69, 9.17) is 0 Å². The van der Waals surface area contributed by atoms with E-state index in [9.17, 15) is 14.0 Å². The van der Waals surface area contributed by atoms with Gasteiger partial charge in [0.2, 0.25) is 5.91 Å². The fourth-order valence-electron chi connectivity index (χ4n) is 2.60. The summed E-state index contributed by atoms with van der Waals surface area (Å²) in [5.74, 6) is -1.49. The smallest absolute Gasteiger partial charge is 0.269 e. The van der Waals surface area contributed by atoms with E-state index in [1.54, 1.807) is 42.5 Å². The van der Waals surface area contributed by atoms with Crippen molar-refractivity contribution in [3.05, 3.63) is 71.5 Å². The van der Waals surface area contributed by atoms with E-state index in [2.05, 4.69) is 21.7 Å². The summed E-state index contributed by atoms with van der Waals surface area (Å²) in [6, 6.07) is 14.2. The number of amides is 2. The van der Waals surface area contributed by atoms with Crippen LogP contribution in [-0.4, -0.2) is 18.4 Å². The molecule has 4 N–H and O–H groups in total. The average Bonchev–Trinajstić information content (AvgIpc) is 3.10. The Balaban J connectivity index is 1.61. The molecule has 1 fully saturated rings. The molecule has 0 radical (unpaired) electrons. The van der Waals surface area contributed by atoms with Gasteiger partial charge in [0.15, 0.2) is 0 Å². The molecule has 2 unspecified atom stereocenters. The first-order chi connectivity index (χ1) is 11.6. The largest absolute Gasteiger partial charge is 0.273 e. The molecule has 1 aliphatic rings. The second-order valence-electron chi connectivity index (χ2n) is 5.47. The van der Waals surface area contributed by atoms with Gasteiger partial charge in [0.25, 0.3) is 5.91 Å². The Bertz CT molecular complexity index is 721. The van der Waals surface area contributed by atoms with Crippen molar-refractivity contribution in [2.45, 2.75) is 6.04 Å². The van der Waals surface area contributed by atoms with Gasteiger partial charge in [-0.1, -0.05) is 30.3 Å². The van der Waals surface area contributed by atoms with E-state index >= 15 is 0 Å². The predicted molar refractivity (Wildman–Crippen MR) is 85.8 cm³/mol. The van der Waals surface area contributed by atoms with Gasteiger partial charge >= 0.3 is 0 Å². The monoisotopic (exact) mass is 328 g/mol. The summed E-state index contributed by atoms with van der Waals surface area (Å²) in [5.41, 5.74) is 12.0. The van der Waals surface area contributed by atoms with Crippen molar-refractivity contribution in [2.75, 3.05) is 6.54 Å². The van der Waals surface area contributed by atoms with Gasteiger partial charge in [-0.2, -0.15) is 0 Å². The van der Waals surface area contributed by atoms with Gasteiger partial charge in [-0.25, -0.2) is 9.82 Å². The highest BCUT2D eigenvalue weighted by atomic mass is 19.1. The number of carbonyl (C=O) groups is 2. The van der Waals surface area contributed by atoms with E-state index in [-0.39, 0.29) is 23.7 Å². The molecule has 124 valence electrons. The number of hydrogen-bond donors (Lipinski definition) is 4. The number of nitrogens with one attached hydrogen (secondary N) is 4. The molecule has 2 atom stereocenters. The van der Waals surface area contributed by atoms with Gasteiger partial charge in [-0.05, 0) is 29.8 Å². The van der Waals surface area contributed by atoms with E-state index in [1.807, 2.05) is 0 Å². The molecular weight excluding hydrogens is 311 g/mol. The Hall–Kier alpha value is -2.77. The third kappa shape index (κ3) is 3.58. The summed E-state index contributed by atoms with van der Waals surface area (Å²) in [6.07, 6.45) is 0. The van der Waals surface area contributed by atoms with Crippen LogP contribution in [0.25, 0.3) is 0 Å². The molecule has 1 aliphatic heterocycles. The van der Waals surface area contributed by atoms with Crippen LogP contribution in [0.1, 0.15) is 22.0 Å². The highest BCUT2D eigenvalue weighted by Gasteiger charge is 2.34. The number of hydrazine groups is 2. The van der Waals surface area contributed by atoms with Crippen LogP contribution in [0.2, 0.25) is 0 Å². The molecule has 2 aromatic rings. The van der Waals surface area contributed by atoms with Crippen LogP contribution >= 0.6 is 0 Å². The predicted octanol–water partition coefficient (Wildman–Crippen LogP) is 1.05. The zero-order valence-corrected chi connectivity index (χ0v) is 12.8. The topological polar surface area (TPSA) is 82.3 Å². The van der Waals surface area contributed by atoms with Crippen molar-refractivity contribution in [3.8, 4) is 0 Å².